The summed E-state index contributed by atoms with van der Waals surface area (Å²) in [6.45, 7) is 3.20. The van der Waals surface area contributed by atoms with Crippen molar-refractivity contribution in [2.24, 2.45) is 11.8 Å². The van der Waals surface area contributed by atoms with E-state index in [1.807, 2.05) is 18.2 Å². The first-order valence-electron chi connectivity index (χ1n) is 11.5. The second-order valence-corrected chi connectivity index (χ2v) is 8.83. The minimum atomic E-state index is -0.607. The van der Waals surface area contributed by atoms with Gasteiger partial charge in [-0.3, -0.25) is 14.4 Å². The van der Waals surface area contributed by atoms with E-state index in [9.17, 15) is 14.4 Å². The van der Waals surface area contributed by atoms with Gasteiger partial charge in [-0.2, -0.15) is 0 Å². The molecule has 1 aromatic heterocycles. The van der Waals surface area contributed by atoms with Crippen molar-refractivity contribution in [2.45, 2.75) is 44.7 Å². The fraction of sp³-hybridized carbons (Fsp3) is 0.480. The van der Waals surface area contributed by atoms with E-state index >= 15 is 0 Å². The number of fused-ring (bicyclic) bond motifs is 1. The highest BCUT2D eigenvalue weighted by molar-refractivity contribution is 6.01. The van der Waals surface area contributed by atoms with Crippen molar-refractivity contribution >= 4 is 28.6 Å². The van der Waals surface area contributed by atoms with E-state index in [2.05, 4.69) is 28.5 Å². The van der Waals surface area contributed by atoms with Gasteiger partial charge >= 0.3 is 0 Å². The van der Waals surface area contributed by atoms with E-state index < -0.39 is 12.1 Å². The Morgan fingerprint density at radius 1 is 1.39 bits per heavy atom. The lowest BCUT2D eigenvalue weighted by molar-refractivity contribution is -0.126. The van der Waals surface area contributed by atoms with Crippen LogP contribution in [0.5, 0.6) is 5.75 Å². The average Bonchev–Trinajstić information content (AvgIpc) is 3.55. The Hall–Kier alpha value is -3.47. The molecule has 0 saturated carbocycles. The van der Waals surface area contributed by atoms with Crippen LogP contribution in [0.1, 0.15) is 43.1 Å². The van der Waals surface area contributed by atoms with Crippen LogP contribution < -0.4 is 15.4 Å². The van der Waals surface area contributed by atoms with Crippen LogP contribution in [-0.4, -0.2) is 59.9 Å². The molecule has 0 bridgehead atoms. The molecule has 3 amide bonds. The molecule has 8 heteroatoms. The number of aromatic nitrogens is 1. The number of ether oxygens (including phenoxy) is 1. The summed E-state index contributed by atoms with van der Waals surface area (Å²) in [5.41, 5.74) is 1.22. The highest BCUT2D eigenvalue weighted by atomic mass is 16.5. The molecule has 2 aliphatic heterocycles. The zero-order valence-electron chi connectivity index (χ0n) is 19.0. The summed E-state index contributed by atoms with van der Waals surface area (Å²) in [4.78, 5) is 43.4. The zero-order valence-corrected chi connectivity index (χ0v) is 19.0. The summed E-state index contributed by atoms with van der Waals surface area (Å²) < 4.78 is 5.40. The monoisotopic (exact) mass is 450 g/mol. The molecule has 0 aliphatic carbocycles. The summed E-state index contributed by atoms with van der Waals surface area (Å²) in [5.74, 6) is 2.79. The number of methoxy groups -OCH3 is 1. The molecular weight excluding hydrogens is 420 g/mol. The maximum atomic E-state index is 13.5. The van der Waals surface area contributed by atoms with Crippen molar-refractivity contribution in [3.63, 3.8) is 0 Å². The summed E-state index contributed by atoms with van der Waals surface area (Å²) in [6, 6.07) is 6.19. The summed E-state index contributed by atoms with van der Waals surface area (Å²) in [7, 11) is 1.59. The van der Waals surface area contributed by atoms with Crippen LogP contribution in [0.2, 0.25) is 0 Å². The first kappa shape index (κ1) is 22.7. The van der Waals surface area contributed by atoms with Crippen LogP contribution in [0, 0.1) is 24.2 Å². The summed E-state index contributed by atoms with van der Waals surface area (Å²) in [5, 5.41) is 6.51. The fourth-order valence-corrected chi connectivity index (χ4v) is 4.86. The normalized spacial score (nSPS) is 23.2. The van der Waals surface area contributed by atoms with Crippen LogP contribution in [-0.2, 0) is 9.59 Å². The van der Waals surface area contributed by atoms with Crippen molar-refractivity contribution in [1.82, 2.24) is 20.5 Å². The Morgan fingerprint density at radius 3 is 2.88 bits per heavy atom. The quantitative estimate of drug-likeness (QED) is 0.562. The number of terminal acetylenes is 1. The molecule has 33 heavy (non-hydrogen) atoms. The standard InChI is InChI=1S/C25H30N4O4/c1-4-15-11-21(24(31)27-17(5-2)12-16-9-10-26-23(16)30)29(14-15)25(32)20-13-18-19(28-20)7-6-8-22(18)33-3/h2,6-8,13,15-17,21,28H,4,9-12,14H2,1,3H3,(H,26,30)(H,27,31). The molecule has 2 aliphatic rings. The highest BCUT2D eigenvalue weighted by Gasteiger charge is 2.40. The van der Waals surface area contributed by atoms with Crippen molar-refractivity contribution < 1.29 is 19.1 Å². The number of carbonyl (C=O) groups is 3. The number of hydrogen-bond donors (Lipinski definition) is 3. The molecule has 2 saturated heterocycles. The lowest BCUT2D eigenvalue weighted by Crippen LogP contribution is -2.49. The molecule has 8 nitrogen and oxygen atoms in total. The van der Waals surface area contributed by atoms with Crippen LogP contribution in [0.3, 0.4) is 0 Å². The predicted molar refractivity (Wildman–Crippen MR) is 125 cm³/mol. The van der Waals surface area contributed by atoms with E-state index in [0.717, 1.165) is 17.3 Å². The Morgan fingerprint density at radius 2 is 2.21 bits per heavy atom. The molecule has 2 fully saturated rings. The van der Waals surface area contributed by atoms with Crippen molar-refractivity contribution in [3.05, 3.63) is 30.0 Å². The minimum absolute atomic E-state index is 0.0255. The number of H-pyrrole nitrogens is 1. The third-order valence-corrected chi connectivity index (χ3v) is 6.80. The lowest BCUT2D eigenvalue weighted by Gasteiger charge is -2.25. The van der Waals surface area contributed by atoms with Gasteiger partial charge in [0.05, 0.1) is 13.2 Å². The second-order valence-electron chi connectivity index (χ2n) is 8.83. The number of nitrogens with zero attached hydrogens (tertiary/aromatic N) is 1. The number of carbonyl (C=O) groups excluding carboxylic acids is 3. The molecule has 0 radical (unpaired) electrons. The first-order chi connectivity index (χ1) is 15.9. The maximum Gasteiger partial charge on any atom is 0.270 e. The van der Waals surface area contributed by atoms with Crippen LogP contribution >= 0.6 is 0 Å². The Kier molecular flexibility index (Phi) is 6.59. The lowest BCUT2D eigenvalue weighted by atomic mass is 9.98. The van der Waals surface area contributed by atoms with E-state index in [4.69, 9.17) is 11.2 Å². The molecule has 4 unspecified atom stereocenters. The van der Waals surface area contributed by atoms with Gasteiger partial charge in [0, 0.05) is 29.9 Å². The Balaban J connectivity index is 1.52. The van der Waals surface area contributed by atoms with E-state index in [1.54, 1.807) is 18.1 Å². The number of hydrogen-bond acceptors (Lipinski definition) is 4. The molecule has 4 atom stereocenters. The Labute approximate surface area is 193 Å². The van der Waals surface area contributed by atoms with Crippen molar-refractivity contribution in [1.29, 1.82) is 0 Å². The van der Waals surface area contributed by atoms with E-state index in [0.29, 0.717) is 43.8 Å². The number of likely N-dealkylation sites (tertiary alicyclic amines) is 1. The van der Waals surface area contributed by atoms with Gasteiger partial charge < -0.3 is 25.3 Å². The first-order valence-corrected chi connectivity index (χ1v) is 11.5. The van der Waals surface area contributed by atoms with Gasteiger partial charge in [-0.05, 0) is 43.4 Å². The van der Waals surface area contributed by atoms with E-state index in [1.165, 1.54) is 0 Å². The number of nitrogens with one attached hydrogen (secondary N) is 3. The molecule has 4 rings (SSSR count). The third kappa shape index (κ3) is 4.54. The number of rotatable bonds is 7. The van der Waals surface area contributed by atoms with Gasteiger partial charge in [0.25, 0.3) is 5.91 Å². The van der Waals surface area contributed by atoms with Gasteiger partial charge in [0.15, 0.2) is 0 Å². The van der Waals surface area contributed by atoms with E-state index in [-0.39, 0.29) is 29.6 Å². The van der Waals surface area contributed by atoms with Gasteiger partial charge in [0.1, 0.15) is 17.5 Å². The van der Waals surface area contributed by atoms with Gasteiger partial charge in [-0.25, -0.2) is 0 Å². The minimum Gasteiger partial charge on any atom is -0.496 e. The number of amides is 3. The molecular formula is C25H30N4O4. The molecule has 3 heterocycles. The van der Waals surface area contributed by atoms with Gasteiger partial charge in [-0.1, -0.05) is 25.3 Å². The predicted octanol–water partition coefficient (Wildman–Crippen LogP) is 2.06. The molecule has 2 aromatic rings. The van der Waals surface area contributed by atoms with Gasteiger partial charge in [-0.15, -0.1) is 6.42 Å². The molecule has 0 spiro atoms. The fourth-order valence-electron chi connectivity index (χ4n) is 4.86. The van der Waals surface area contributed by atoms with Crippen LogP contribution in [0.25, 0.3) is 10.9 Å². The smallest absolute Gasteiger partial charge is 0.270 e. The molecule has 174 valence electrons. The average molecular weight is 451 g/mol. The van der Waals surface area contributed by atoms with Crippen molar-refractivity contribution in [3.8, 4) is 18.1 Å². The highest BCUT2D eigenvalue weighted by Crippen LogP contribution is 2.30. The number of benzene rings is 1. The topological polar surface area (TPSA) is 104 Å². The molecule has 3 N–H and O–H groups in total. The van der Waals surface area contributed by atoms with Crippen LogP contribution in [0.4, 0.5) is 0 Å². The van der Waals surface area contributed by atoms with Crippen molar-refractivity contribution in [2.75, 3.05) is 20.2 Å². The number of aromatic amines is 1. The summed E-state index contributed by atoms with van der Waals surface area (Å²) in [6.07, 6.45) is 8.22. The third-order valence-electron chi connectivity index (χ3n) is 6.80. The largest absolute Gasteiger partial charge is 0.496 e. The zero-order chi connectivity index (χ0) is 23.5. The van der Waals surface area contributed by atoms with Crippen LogP contribution in [0.15, 0.2) is 24.3 Å². The SMILES string of the molecule is C#CC(CC1CCNC1=O)NC(=O)C1CC(CC)CN1C(=O)c1cc2c(OC)cccc2[nH]1. The maximum absolute atomic E-state index is 13.5. The second kappa shape index (κ2) is 9.57. The molecule has 1 aromatic carbocycles. The Bertz CT molecular complexity index is 1100. The van der Waals surface area contributed by atoms with Gasteiger partial charge in [0.2, 0.25) is 11.8 Å². The summed E-state index contributed by atoms with van der Waals surface area (Å²) >= 11 is 0.